The Morgan fingerprint density at radius 2 is 1.93 bits per heavy atom. The van der Waals surface area contributed by atoms with E-state index in [2.05, 4.69) is 35.0 Å². The van der Waals surface area contributed by atoms with Gasteiger partial charge in [0.05, 0.1) is 12.2 Å². The molecule has 5 heteroatoms. The number of ether oxygens (including phenoxy) is 1. The van der Waals surface area contributed by atoms with Crippen molar-refractivity contribution in [1.29, 1.82) is 0 Å². The Kier molecular flexibility index (Phi) is 4.85. The van der Waals surface area contributed by atoms with Crippen LogP contribution in [0.15, 0.2) is 42.5 Å². The van der Waals surface area contributed by atoms with Crippen molar-refractivity contribution in [3.8, 4) is 5.75 Å². The quantitative estimate of drug-likeness (QED) is 0.611. The number of H-pyrrole nitrogens is 1. The van der Waals surface area contributed by atoms with Gasteiger partial charge in [-0.3, -0.25) is 0 Å². The number of hydrogen-bond donors (Lipinski definition) is 3. The van der Waals surface area contributed by atoms with Gasteiger partial charge in [0, 0.05) is 53.8 Å². The SMILES string of the molecule is Cc1ccc2c([C@H](O)CN3CCC4(CC3)C[C@@H](O)c3ccccc3O4)c(C)[nH]c2c1. The summed E-state index contributed by atoms with van der Waals surface area (Å²) in [7, 11) is 0. The standard InChI is InChI=1S/C25H30N2O3/c1-16-7-8-18-20(13-16)26-17(2)24(18)22(29)15-27-11-9-25(10-12-27)14-21(28)19-5-3-4-6-23(19)30-25/h3-8,13,21-22,26,28-29H,9-12,14-15H2,1-2H3/t21-,22-/m1/s1. The number of β-amino-alcohol motifs (C(OH)–C–C–N with tert-alkyl or cyclic N) is 1. The number of aliphatic hydroxyl groups excluding tert-OH is 2. The summed E-state index contributed by atoms with van der Waals surface area (Å²) in [5.74, 6) is 0.814. The van der Waals surface area contributed by atoms with Crippen LogP contribution in [0, 0.1) is 13.8 Å². The maximum Gasteiger partial charge on any atom is 0.125 e. The second-order valence-corrected chi connectivity index (χ2v) is 9.07. The molecule has 2 atom stereocenters. The normalized spacial score (nSPS) is 22.1. The highest BCUT2D eigenvalue weighted by molar-refractivity contribution is 5.85. The maximum absolute atomic E-state index is 11.1. The van der Waals surface area contributed by atoms with Crippen molar-refractivity contribution in [1.82, 2.24) is 9.88 Å². The molecule has 1 saturated heterocycles. The Morgan fingerprint density at radius 3 is 2.73 bits per heavy atom. The number of aromatic nitrogens is 1. The number of likely N-dealkylation sites (tertiary alicyclic amines) is 1. The summed E-state index contributed by atoms with van der Waals surface area (Å²) in [6.45, 7) is 6.43. The summed E-state index contributed by atoms with van der Waals surface area (Å²) in [6, 6.07) is 14.1. The molecular formula is C25H30N2O3. The van der Waals surface area contributed by atoms with Crippen LogP contribution in [0.25, 0.3) is 10.9 Å². The molecule has 3 N–H and O–H groups in total. The highest BCUT2D eigenvalue weighted by atomic mass is 16.5. The minimum absolute atomic E-state index is 0.302. The number of aryl methyl sites for hydroxylation is 2. The number of hydrogen-bond acceptors (Lipinski definition) is 4. The molecule has 2 aliphatic heterocycles. The van der Waals surface area contributed by atoms with Gasteiger partial charge in [0.1, 0.15) is 11.4 Å². The number of fused-ring (bicyclic) bond motifs is 2. The van der Waals surface area contributed by atoms with E-state index in [1.165, 1.54) is 5.56 Å². The summed E-state index contributed by atoms with van der Waals surface area (Å²) in [5.41, 5.74) is 4.93. The number of aliphatic hydroxyl groups is 2. The predicted octanol–water partition coefficient (Wildman–Crippen LogP) is 4.17. The molecule has 0 aliphatic carbocycles. The molecule has 5 rings (SSSR count). The molecule has 1 aromatic heterocycles. The Labute approximate surface area is 177 Å². The lowest BCUT2D eigenvalue weighted by Gasteiger charge is -2.46. The van der Waals surface area contributed by atoms with E-state index < -0.39 is 12.2 Å². The number of benzene rings is 2. The van der Waals surface area contributed by atoms with Crippen LogP contribution < -0.4 is 4.74 Å². The highest BCUT2D eigenvalue weighted by Gasteiger charge is 2.43. The van der Waals surface area contributed by atoms with Crippen molar-refractivity contribution < 1.29 is 14.9 Å². The van der Waals surface area contributed by atoms with Crippen molar-refractivity contribution in [2.24, 2.45) is 0 Å². The van der Waals surface area contributed by atoms with Gasteiger partial charge in [0.2, 0.25) is 0 Å². The molecule has 2 aliphatic rings. The zero-order chi connectivity index (χ0) is 20.9. The van der Waals surface area contributed by atoms with Crippen LogP contribution in [0.1, 0.15) is 53.9 Å². The van der Waals surface area contributed by atoms with E-state index >= 15 is 0 Å². The summed E-state index contributed by atoms with van der Waals surface area (Å²) < 4.78 is 6.39. The topological polar surface area (TPSA) is 68.7 Å². The van der Waals surface area contributed by atoms with E-state index in [4.69, 9.17) is 4.74 Å². The largest absolute Gasteiger partial charge is 0.487 e. The van der Waals surface area contributed by atoms with Gasteiger partial charge in [-0.2, -0.15) is 0 Å². The zero-order valence-electron chi connectivity index (χ0n) is 17.7. The third-order valence-corrected chi connectivity index (χ3v) is 6.89. The smallest absolute Gasteiger partial charge is 0.125 e. The molecule has 5 nitrogen and oxygen atoms in total. The first-order chi connectivity index (χ1) is 14.4. The lowest BCUT2D eigenvalue weighted by Crippen LogP contribution is -2.51. The van der Waals surface area contributed by atoms with Gasteiger partial charge in [-0.1, -0.05) is 30.3 Å². The summed E-state index contributed by atoms with van der Waals surface area (Å²) >= 11 is 0. The number of nitrogens with zero attached hydrogens (tertiary/aromatic N) is 1. The molecule has 0 bridgehead atoms. The predicted molar refractivity (Wildman–Crippen MR) is 118 cm³/mol. The van der Waals surface area contributed by atoms with Crippen LogP contribution >= 0.6 is 0 Å². The van der Waals surface area contributed by atoms with Gasteiger partial charge in [-0.25, -0.2) is 0 Å². The number of aromatic amines is 1. The fraction of sp³-hybridized carbons (Fsp3) is 0.440. The van der Waals surface area contributed by atoms with Crippen LogP contribution in [-0.2, 0) is 0 Å². The molecule has 3 heterocycles. The molecule has 158 valence electrons. The average Bonchev–Trinajstić information content (AvgIpc) is 3.04. The van der Waals surface area contributed by atoms with Crippen LogP contribution in [0.5, 0.6) is 5.75 Å². The molecule has 30 heavy (non-hydrogen) atoms. The van der Waals surface area contributed by atoms with E-state index in [-0.39, 0.29) is 5.60 Å². The third-order valence-electron chi connectivity index (χ3n) is 6.89. The molecule has 1 fully saturated rings. The first-order valence-corrected chi connectivity index (χ1v) is 10.9. The number of rotatable bonds is 3. The summed E-state index contributed by atoms with van der Waals surface area (Å²) in [6.07, 6.45) is 1.36. The minimum Gasteiger partial charge on any atom is -0.487 e. The molecule has 0 unspecified atom stereocenters. The fourth-order valence-electron chi connectivity index (χ4n) is 5.27. The van der Waals surface area contributed by atoms with Gasteiger partial charge < -0.3 is 24.8 Å². The van der Waals surface area contributed by atoms with Gasteiger partial charge in [0.25, 0.3) is 0 Å². The third kappa shape index (κ3) is 3.41. The zero-order valence-corrected chi connectivity index (χ0v) is 17.7. The van der Waals surface area contributed by atoms with E-state index in [0.717, 1.165) is 59.4 Å². The van der Waals surface area contributed by atoms with E-state index in [9.17, 15) is 10.2 Å². The van der Waals surface area contributed by atoms with E-state index in [1.807, 2.05) is 31.2 Å². The van der Waals surface area contributed by atoms with Crippen molar-refractivity contribution in [2.75, 3.05) is 19.6 Å². The lowest BCUT2D eigenvalue weighted by molar-refractivity contribution is -0.0587. The lowest BCUT2D eigenvalue weighted by atomic mass is 9.81. The summed E-state index contributed by atoms with van der Waals surface area (Å²) in [4.78, 5) is 5.74. The van der Waals surface area contributed by atoms with E-state index in [0.29, 0.717) is 13.0 Å². The molecule has 0 radical (unpaired) electrons. The van der Waals surface area contributed by atoms with Gasteiger partial charge in [-0.15, -0.1) is 0 Å². The van der Waals surface area contributed by atoms with Crippen molar-refractivity contribution >= 4 is 10.9 Å². The summed E-state index contributed by atoms with van der Waals surface area (Å²) in [5, 5.41) is 22.8. The molecule has 1 spiro atoms. The second kappa shape index (κ2) is 7.41. The Balaban J connectivity index is 1.28. The first kappa shape index (κ1) is 19.6. The fourth-order valence-corrected chi connectivity index (χ4v) is 5.27. The van der Waals surface area contributed by atoms with Gasteiger partial charge in [-0.05, 0) is 44.4 Å². The van der Waals surface area contributed by atoms with E-state index in [1.54, 1.807) is 0 Å². The van der Waals surface area contributed by atoms with Crippen LogP contribution in [0.3, 0.4) is 0 Å². The minimum atomic E-state index is -0.533. The number of piperidine rings is 1. The molecular weight excluding hydrogens is 376 g/mol. The van der Waals surface area contributed by atoms with Crippen molar-refractivity contribution in [3.05, 3.63) is 64.8 Å². The average molecular weight is 407 g/mol. The number of para-hydroxylation sites is 1. The second-order valence-electron chi connectivity index (χ2n) is 9.07. The van der Waals surface area contributed by atoms with Crippen LogP contribution in [0.4, 0.5) is 0 Å². The highest BCUT2D eigenvalue weighted by Crippen LogP contribution is 2.44. The molecule has 0 saturated carbocycles. The molecule has 0 amide bonds. The van der Waals surface area contributed by atoms with Crippen LogP contribution in [-0.4, -0.2) is 45.3 Å². The Hall–Kier alpha value is -2.34. The monoisotopic (exact) mass is 406 g/mol. The maximum atomic E-state index is 11.1. The Morgan fingerprint density at radius 1 is 1.17 bits per heavy atom. The molecule has 2 aromatic carbocycles. The van der Waals surface area contributed by atoms with Gasteiger partial charge in [0.15, 0.2) is 0 Å². The first-order valence-electron chi connectivity index (χ1n) is 10.9. The van der Waals surface area contributed by atoms with Crippen molar-refractivity contribution in [2.45, 2.75) is 50.9 Å². The van der Waals surface area contributed by atoms with Gasteiger partial charge >= 0.3 is 0 Å². The van der Waals surface area contributed by atoms with Crippen LogP contribution in [0.2, 0.25) is 0 Å². The van der Waals surface area contributed by atoms with Crippen molar-refractivity contribution in [3.63, 3.8) is 0 Å². The number of nitrogens with one attached hydrogen (secondary N) is 1. The molecule has 3 aromatic rings. The Bertz CT molecular complexity index is 1070.